The normalized spacial score (nSPS) is 20.0. The molecule has 1 aliphatic heterocycles. The Morgan fingerprint density at radius 2 is 1.88 bits per heavy atom. The first-order valence-electron chi connectivity index (χ1n) is 7.69. The van der Waals surface area contributed by atoms with E-state index < -0.39 is 6.04 Å². The number of amides is 1. The van der Waals surface area contributed by atoms with Crippen molar-refractivity contribution in [3.63, 3.8) is 0 Å². The van der Waals surface area contributed by atoms with Gasteiger partial charge in [0.2, 0.25) is 5.91 Å². The highest BCUT2D eigenvalue weighted by Crippen LogP contribution is 2.18. The van der Waals surface area contributed by atoms with Crippen molar-refractivity contribution in [3.05, 3.63) is 58.6 Å². The van der Waals surface area contributed by atoms with Crippen LogP contribution in [0.2, 0.25) is 5.02 Å². The predicted octanol–water partition coefficient (Wildman–Crippen LogP) is 2.31. The molecule has 5 N–H and O–H groups in total. The molecule has 0 saturated carbocycles. The summed E-state index contributed by atoms with van der Waals surface area (Å²) in [6.45, 7) is 4.06. The summed E-state index contributed by atoms with van der Waals surface area (Å²) in [6.07, 6.45) is -0.324. The van der Waals surface area contributed by atoms with Gasteiger partial charge in [0.05, 0.1) is 0 Å². The number of anilines is 2. The number of hydrogen-bond acceptors (Lipinski definition) is 5. The summed E-state index contributed by atoms with van der Waals surface area (Å²) >= 11 is 5.99. The maximum Gasteiger partial charge on any atom is 0.246 e. The van der Waals surface area contributed by atoms with Crippen LogP contribution in [0.3, 0.4) is 0 Å². The summed E-state index contributed by atoms with van der Waals surface area (Å²) in [5.74, 6) is -0.143. The van der Waals surface area contributed by atoms with E-state index in [0.717, 1.165) is 16.9 Å². The van der Waals surface area contributed by atoms with Gasteiger partial charge in [0.25, 0.3) is 0 Å². The summed E-state index contributed by atoms with van der Waals surface area (Å²) in [4.78, 5) is 12.6. The van der Waals surface area contributed by atoms with Crippen molar-refractivity contribution < 1.29 is 4.79 Å². The number of hydrazine groups is 2. The largest absolute Gasteiger partial charge is 0.367 e. The van der Waals surface area contributed by atoms with Crippen LogP contribution in [0, 0.1) is 13.8 Å². The number of halogens is 1. The molecule has 7 heteroatoms. The molecule has 1 fully saturated rings. The van der Waals surface area contributed by atoms with Gasteiger partial charge in [-0.3, -0.25) is 4.79 Å². The fourth-order valence-corrected chi connectivity index (χ4v) is 2.69. The summed E-state index contributed by atoms with van der Waals surface area (Å²) in [7, 11) is 0. The maximum atomic E-state index is 12.6. The van der Waals surface area contributed by atoms with Gasteiger partial charge in [0.15, 0.2) is 0 Å². The number of nitrogens with one attached hydrogen (secondary N) is 5. The Morgan fingerprint density at radius 1 is 1.04 bits per heavy atom. The van der Waals surface area contributed by atoms with Crippen LogP contribution in [0.1, 0.15) is 11.1 Å². The number of aryl methyl sites for hydroxylation is 2. The van der Waals surface area contributed by atoms with E-state index in [0.29, 0.717) is 5.02 Å². The zero-order valence-electron chi connectivity index (χ0n) is 13.5. The third kappa shape index (κ3) is 3.85. The minimum absolute atomic E-state index is 0.143. The van der Waals surface area contributed by atoms with Gasteiger partial charge in [-0.15, -0.1) is 0 Å². The Hall–Kier alpha value is -2.12. The van der Waals surface area contributed by atoms with Crippen LogP contribution in [-0.2, 0) is 4.79 Å². The van der Waals surface area contributed by atoms with Crippen LogP contribution in [0.25, 0.3) is 0 Å². The van der Waals surface area contributed by atoms with Crippen molar-refractivity contribution in [1.29, 1.82) is 0 Å². The number of hydrogen-bond donors (Lipinski definition) is 5. The molecule has 3 rings (SSSR count). The van der Waals surface area contributed by atoms with Gasteiger partial charge in [-0.2, -0.15) is 5.53 Å². The van der Waals surface area contributed by atoms with E-state index in [4.69, 9.17) is 11.6 Å². The monoisotopic (exact) mass is 345 g/mol. The zero-order chi connectivity index (χ0) is 17.1. The number of benzene rings is 2. The van der Waals surface area contributed by atoms with Crippen molar-refractivity contribution in [1.82, 2.24) is 16.4 Å². The van der Waals surface area contributed by atoms with E-state index in [-0.39, 0.29) is 12.1 Å². The third-order valence-electron chi connectivity index (χ3n) is 3.99. The lowest BCUT2D eigenvalue weighted by Crippen LogP contribution is -2.47. The first-order valence-corrected chi connectivity index (χ1v) is 8.07. The lowest BCUT2D eigenvalue weighted by molar-refractivity contribution is -0.118. The topological polar surface area (TPSA) is 77.2 Å². The fraction of sp³-hybridized carbons (Fsp3) is 0.235. The van der Waals surface area contributed by atoms with Gasteiger partial charge in [0, 0.05) is 16.4 Å². The van der Waals surface area contributed by atoms with Crippen molar-refractivity contribution in [2.24, 2.45) is 0 Å². The number of carbonyl (C=O) groups excluding carboxylic acids is 1. The Labute approximate surface area is 145 Å². The minimum atomic E-state index is -0.495. The fourth-order valence-electron chi connectivity index (χ4n) is 2.50. The van der Waals surface area contributed by atoms with Gasteiger partial charge >= 0.3 is 0 Å². The molecule has 0 radical (unpaired) electrons. The van der Waals surface area contributed by atoms with Gasteiger partial charge < -0.3 is 10.6 Å². The molecule has 24 heavy (non-hydrogen) atoms. The van der Waals surface area contributed by atoms with E-state index in [1.807, 2.05) is 44.2 Å². The molecule has 1 aliphatic rings. The Balaban J connectivity index is 1.68. The first kappa shape index (κ1) is 16.7. The second kappa shape index (κ2) is 7.19. The van der Waals surface area contributed by atoms with Crippen LogP contribution in [-0.4, -0.2) is 18.1 Å². The molecule has 2 unspecified atom stereocenters. The standard InChI is InChI=1S/C17H20ClN5O/c1-10-6-7-14(8-11(10)2)20-17(24)15-16(22-23-21-15)19-13-5-3-4-12(18)9-13/h3-9,15-16,19,21-23H,1-2H3,(H,20,24). The molecule has 2 aromatic rings. The van der Waals surface area contributed by atoms with Crippen molar-refractivity contribution in [2.75, 3.05) is 10.6 Å². The van der Waals surface area contributed by atoms with Crippen molar-refractivity contribution in [3.8, 4) is 0 Å². The molecule has 2 aromatic carbocycles. The second-order valence-corrected chi connectivity index (χ2v) is 6.25. The lowest BCUT2D eigenvalue weighted by Gasteiger charge is -2.20. The van der Waals surface area contributed by atoms with Crippen LogP contribution < -0.4 is 27.0 Å². The molecular weight excluding hydrogens is 326 g/mol. The Morgan fingerprint density at radius 3 is 2.62 bits per heavy atom. The summed E-state index contributed by atoms with van der Waals surface area (Å²) in [5.41, 5.74) is 12.6. The second-order valence-electron chi connectivity index (χ2n) is 5.81. The van der Waals surface area contributed by atoms with Gasteiger partial charge in [-0.05, 0) is 55.3 Å². The predicted molar refractivity (Wildman–Crippen MR) is 96.6 cm³/mol. The highest BCUT2D eigenvalue weighted by molar-refractivity contribution is 6.30. The Bertz CT molecular complexity index is 752. The molecule has 0 aromatic heterocycles. The molecule has 126 valence electrons. The quantitative estimate of drug-likeness (QED) is 0.588. The third-order valence-corrected chi connectivity index (χ3v) is 4.23. The SMILES string of the molecule is Cc1ccc(NC(=O)C2NNNC2Nc2cccc(Cl)c2)cc1C. The van der Waals surface area contributed by atoms with Crippen LogP contribution in [0.5, 0.6) is 0 Å². The average Bonchev–Trinajstić information content (AvgIpc) is 2.99. The smallest absolute Gasteiger partial charge is 0.246 e. The maximum absolute atomic E-state index is 12.6. The summed E-state index contributed by atoms with van der Waals surface area (Å²) < 4.78 is 0. The molecule has 1 heterocycles. The molecule has 0 bridgehead atoms. The molecule has 0 aliphatic carbocycles. The molecule has 1 amide bonds. The van der Waals surface area contributed by atoms with Crippen LogP contribution in [0.4, 0.5) is 11.4 Å². The number of rotatable bonds is 4. The summed E-state index contributed by atoms with van der Waals surface area (Å²) in [5, 5.41) is 6.80. The molecule has 2 atom stereocenters. The van der Waals surface area contributed by atoms with Crippen molar-refractivity contribution in [2.45, 2.75) is 26.1 Å². The number of carbonyl (C=O) groups is 1. The molecule has 6 nitrogen and oxygen atoms in total. The first-order chi connectivity index (χ1) is 11.5. The minimum Gasteiger partial charge on any atom is -0.367 e. The van der Waals surface area contributed by atoms with Crippen LogP contribution >= 0.6 is 11.6 Å². The van der Waals surface area contributed by atoms with Gasteiger partial charge in [-0.1, -0.05) is 23.7 Å². The molecular formula is C17H20ClN5O. The summed E-state index contributed by atoms with van der Waals surface area (Å²) in [6, 6.07) is 12.7. The lowest BCUT2D eigenvalue weighted by atomic mass is 10.1. The van der Waals surface area contributed by atoms with E-state index in [1.165, 1.54) is 5.56 Å². The Kier molecular flexibility index (Phi) is 5.01. The zero-order valence-corrected chi connectivity index (χ0v) is 14.2. The van der Waals surface area contributed by atoms with E-state index >= 15 is 0 Å². The van der Waals surface area contributed by atoms with Crippen LogP contribution in [0.15, 0.2) is 42.5 Å². The van der Waals surface area contributed by atoms with Gasteiger partial charge in [-0.25, -0.2) is 10.9 Å². The average molecular weight is 346 g/mol. The van der Waals surface area contributed by atoms with E-state index in [1.54, 1.807) is 12.1 Å². The highest BCUT2D eigenvalue weighted by Gasteiger charge is 2.32. The molecule has 1 saturated heterocycles. The highest BCUT2D eigenvalue weighted by atomic mass is 35.5. The van der Waals surface area contributed by atoms with E-state index in [9.17, 15) is 4.79 Å². The molecule has 0 spiro atoms. The van der Waals surface area contributed by atoms with Crippen molar-refractivity contribution >= 4 is 28.9 Å². The van der Waals surface area contributed by atoms with Gasteiger partial charge in [0.1, 0.15) is 12.2 Å². The van der Waals surface area contributed by atoms with E-state index in [2.05, 4.69) is 27.0 Å².